The van der Waals surface area contributed by atoms with Crippen molar-refractivity contribution in [2.45, 2.75) is 25.6 Å². The topological polar surface area (TPSA) is 85.7 Å². The lowest BCUT2D eigenvalue weighted by molar-refractivity contribution is 0.0471. The number of benzene rings is 1. The van der Waals surface area contributed by atoms with Gasteiger partial charge in [0.15, 0.2) is 11.6 Å². The van der Waals surface area contributed by atoms with Gasteiger partial charge < -0.3 is 9.88 Å². The van der Waals surface area contributed by atoms with Gasteiger partial charge in [-0.3, -0.25) is 9.78 Å². The van der Waals surface area contributed by atoms with Crippen molar-refractivity contribution >= 4 is 16.9 Å². The number of nitrogens with zero attached hydrogens (tertiary/aromatic N) is 4. The number of fused-ring (bicyclic) bond motifs is 2. The Bertz CT molecular complexity index is 1170. The van der Waals surface area contributed by atoms with Crippen LogP contribution in [0, 0.1) is 29.9 Å². The zero-order valence-electron chi connectivity index (χ0n) is 14.9. The van der Waals surface area contributed by atoms with Gasteiger partial charge >= 0.3 is 0 Å². The first kappa shape index (κ1) is 18.0. The number of nitriles is 1. The molecule has 0 saturated carbocycles. The molecule has 1 unspecified atom stereocenters. The Morgan fingerprint density at radius 2 is 2.18 bits per heavy atom. The van der Waals surface area contributed by atoms with Crippen molar-refractivity contribution in [3.8, 4) is 6.07 Å². The van der Waals surface area contributed by atoms with Gasteiger partial charge in [-0.25, -0.2) is 18.2 Å². The first-order chi connectivity index (χ1) is 13.3. The molecule has 9 heteroatoms. The highest BCUT2D eigenvalue weighted by Crippen LogP contribution is 2.39. The number of aromatic nitrogens is 3. The summed E-state index contributed by atoms with van der Waals surface area (Å²) in [6, 6.07) is 4.86. The molecule has 1 aliphatic heterocycles. The van der Waals surface area contributed by atoms with Crippen LogP contribution in [0.3, 0.4) is 0 Å². The average molecular weight is 385 g/mol. The SMILES string of the molecule is Cc1c(F)cc(F)c2nc(C(=O)N3CC(F)(C#N)c4ncccc4[C@H]3C)[nH]c12. The Morgan fingerprint density at radius 3 is 2.89 bits per heavy atom. The number of carbonyl (C=O) groups excluding carboxylic acids is 1. The predicted octanol–water partition coefficient (Wildman–Crippen LogP) is 3.45. The summed E-state index contributed by atoms with van der Waals surface area (Å²) in [5, 5.41) is 9.35. The van der Waals surface area contributed by atoms with Crippen LogP contribution in [0.5, 0.6) is 0 Å². The normalized spacial score (nSPS) is 21.4. The van der Waals surface area contributed by atoms with E-state index in [-0.39, 0.29) is 28.1 Å². The molecule has 1 aromatic carbocycles. The summed E-state index contributed by atoms with van der Waals surface area (Å²) >= 11 is 0. The smallest absolute Gasteiger partial charge is 0.290 e. The van der Waals surface area contributed by atoms with E-state index in [1.807, 2.05) is 0 Å². The van der Waals surface area contributed by atoms with E-state index in [2.05, 4.69) is 15.0 Å². The van der Waals surface area contributed by atoms with Crippen LogP contribution < -0.4 is 0 Å². The van der Waals surface area contributed by atoms with Gasteiger partial charge in [-0.2, -0.15) is 5.26 Å². The highest BCUT2D eigenvalue weighted by atomic mass is 19.1. The van der Waals surface area contributed by atoms with Crippen molar-refractivity contribution in [1.82, 2.24) is 19.9 Å². The van der Waals surface area contributed by atoms with Crippen molar-refractivity contribution in [2.24, 2.45) is 0 Å². The Kier molecular flexibility index (Phi) is 3.89. The van der Waals surface area contributed by atoms with Crippen LogP contribution >= 0.6 is 0 Å². The largest absolute Gasteiger partial charge is 0.333 e. The molecule has 0 bridgehead atoms. The summed E-state index contributed by atoms with van der Waals surface area (Å²) in [6.45, 7) is 2.54. The summed E-state index contributed by atoms with van der Waals surface area (Å²) in [5.74, 6) is -2.67. The van der Waals surface area contributed by atoms with Crippen LogP contribution in [0.25, 0.3) is 11.0 Å². The predicted molar refractivity (Wildman–Crippen MR) is 92.8 cm³/mol. The van der Waals surface area contributed by atoms with Gasteiger partial charge in [0.2, 0.25) is 0 Å². The highest BCUT2D eigenvalue weighted by molar-refractivity contribution is 5.95. The molecule has 142 valence electrons. The highest BCUT2D eigenvalue weighted by Gasteiger charge is 2.46. The van der Waals surface area contributed by atoms with Gasteiger partial charge in [0, 0.05) is 23.4 Å². The number of amides is 1. The molecule has 6 nitrogen and oxygen atoms in total. The number of aryl methyl sites for hydroxylation is 1. The molecule has 1 amide bonds. The summed E-state index contributed by atoms with van der Waals surface area (Å²) in [5.41, 5.74) is -2.13. The van der Waals surface area contributed by atoms with E-state index in [9.17, 15) is 18.8 Å². The van der Waals surface area contributed by atoms with E-state index in [0.717, 1.165) is 4.90 Å². The van der Waals surface area contributed by atoms with Gasteiger partial charge in [-0.15, -0.1) is 0 Å². The number of hydrogen-bond acceptors (Lipinski definition) is 4. The maximum Gasteiger partial charge on any atom is 0.290 e. The van der Waals surface area contributed by atoms with E-state index < -0.39 is 35.8 Å². The van der Waals surface area contributed by atoms with Crippen LogP contribution in [0.2, 0.25) is 0 Å². The Hall–Kier alpha value is -3.41. The Balaban J connectivity index is 1.81. The van der Waals surface area contributed by atoms with Crippen LogP contribution in [0.1, 0.15) is 40.4 Å². The number of rotatable bonds is 1. The van der Waals surface area contributed by atoms with Crippen LogP contribution in [-0.4, -0.2) is 32.3 Å². The molecule has 3 aromatic rings. The lowest BCUT2D eigenvalue weighted by Crippen LogP contribution is -2.48. The van der Waals surface area contributed by atoms with Crippen molar-refractivity contribution in [3.63, 3.8) is 0 Å². The number of imidazole rings is 1. The number of halogens is 3. The van der Waals surface area contributed by atoms with Crippen LogP contribution in [-0.2, 0) is 5.67 Å². The number of pyridine rings is 1. The monoisotopic (exact) mass is 385 g/mol. The summed E-state index contributed by atoms with van der Waals surface area (Å²) in [4.78, 5) is 24.7. The molecule has 0 radical (unpaired) electrons. The summed E-state index contributed by atoms with van der Waals surface area (Å²) < 4.78 is 43.0. The second-order valence-corrected chi connectivity index (χ2v) is 6.74. The molecule has 1 aliphatic rings. The number of carbonyl (C=O) groups is 1. The summed E-state index contributed by atoms with van der Waals surface area (Å²) in [6.07, 6.45) is 1.38. The second kappa shape index (κ2) is 6.05. The van der Waals surface area contributed by atoms with Gasteiger partial charge in [-0.1, -0.05) is 6.07 Å². The summed E-state index contributed by atoms with van der Waals surface area (Å²) in [7, 11) is 0. The second-order valence-electron chi connectivity index (χ2n) is 6.74. The number of hydrogen-bond donors (Lipinski definition) is 1. The van der Waals surface area contributed by atoms with Gasteiger partial charge in [0.05, 0.1) is 23.8 Å². The zero-order chi connectivity index (χ0) is 20.2. The molecule has 0 saturated heterocycles. The molecular weight excluding hydrogens is 371 g/mol. The lowest BCUT2D eigenvalue weighted by Gasteiger charge is -2.38. The van der Waals surface area contributed by atoms with Gasteiger partial charge in [0.1, 0.15) is 17.4 Å². The van der Waals surface area contributed by atoms with Gasteiger partial charge in [0.25, 0.3) is 11.6 Å². The van der Waals surface area contributed by atoms with E-state index in [1.165, 1.54) is 13.1 Å². The molecule has 0 spiro atoms. The Labute approximate surface area is 157 Å². The third-order valence-corrected chi connectivity index (χ3v) is 5.08. The van der Waals surface area contributed by atoms with E-state index in [4.69, 9.17) is 0 Å². The fourth-order valence-electron chi connectivity index (χ4n) is 3.50. The zero-order valence-corrected chi connectivity index (χ0v) is 14.9. The van der Waals surface area contributed by atoms with E-state index in [0.29, 0.717) is 11.6 Å². The number of alkyl halides is 1. The van der Waals surface area contributed by atoms with Crippen molar-refractivity contribution in [2.75, 3.05) is 6.54 Å². The molecular formula is C19H14F3N5O. The standard InChI is InChI=1S/C19H14F3N5O/c1-9-12(20)6-13(21)15-14(9)25-17(26-15)18(28)27-8-19(22,7-23)16-11(10(27)2)4-3-5-24-16/h3-6,10H,8H2,1-2H3,(H,25,26)/t10-,19?/m1/s1. The fourth-order valence-corrected chi connectivity index (χ4v) is 3.50. The quantitative estimate of drug-likeness (QED) is 0.695. The molecule has 0 fully saturated rings. The van der Waals surface area contributed by atoms with E-state index in [1.54, 1.807) is 25.1 Å². The minimum Gasteiger partial charge on any atom is -0.333 e. The lowest BCUT2D eigenvalue weighted by atomic mass is 9.88. The number of H-pyrrole nitrogens is 1. The van der Waals surface area contributed by atoms with Crippen molar-refractivity contribution in [1.29, 1.82) is 5.26 Å². The molecule has 2 atom stereocenters. The first-order valence-corrected chi connectivity index (χ1v) is 8.47. The number of nitrogens with one attached hydrogen (secondary N) is 1. The maximum absolute atomic E-state index is 15.2. The maximum atomic E-state index is 15.2. The molecule has 0 aliphatic carbocycles. The molecule has 4 rings (SSSR count). The van der Waals surface area contributed by atoms with Gasteiger partial charge in [-0.05, 0) is 19.9 Å². The molecule has 28 heavy (non-hydrogen) atoms. The minimum absolute atomic E-state index is 0.0254. The average Bonchev–Trinajstić information content (AvgIpc) is 3.15. The Morgan fingerprint density at radius 1 is 1.43 bits per heavy atom. The number of aromatic amines is 1. The van der Waals surface area contributed by atoms with Crippen LogP contribution in [0.4, 0.5) is 13.2 Å². The van der Waals surface area contributed by atoms with Crippen molar-refractivity contribution in [3.05, 3.63) is 58.7 Å². The first-order valence-electron chi connectivity index (χ1n) is 8.47. The minimum atomic E-state index is -2.49. The molecule has 3 heterocycles. The van der Waals surface area contributed by atoms with Crippen molar-refractivity contribution < 1.29 is 18.0 Å². The third-order valence-electron chi connectivity index (χ3n) is 5.08. The molecule has 1 N–H and O–H groups in total. The third kappa shape index (κ3) is 2.45. The molecule has 2 aromatic heterocycles. The fraction of sp³-hybridized carbons (Fsp3) is 0.263. The van der Waals surface area contributed by atoms with Crippen LogP contribution in [0.15, 0.2) is 24.4 Å². The van der Waals surface area contributed by atoms with E-state index >= 15 is 4.39 Å².